The molecule has 3 nitrogen and oxygen atoms in total. The Kier molecular flexibility index (Phi) is 9.92. The Balaban J connectivity index is 2.37. The van der Waals surface area contributed by atoms with Crippen LogP contribution in [0.3, 0.4) is 0 Å². The van der Waals surface area contributed by atoms with E-state index in [-0.39, 0.29) is 0 Å². The summed E-state index contributed by atoms with van der Waals surface area (Å²) < 4.78 is 11.0. The molecule has 1 aromatic carbocycles. The summed E-state index contributed by atoms with van der Waals surface area (Å²) in [5, 5.41) is 3.38. The van der Waals surface area contributed by atoms with Crippen LogP contribution < -0.4 is 10.1 Å². The minimum Gasteiger partial charge on any atom is -0.493 e. The van der Waals surface area contributed by atoms with Crippen LogP contribution in [0.2, 0.25) is 0 Å². The molecule has 0 unspecified atom stereocenters. The maximum absolute atomic E-state index is 5.96. The van der Waals surface area contributed by atoms with Gasteiger partial charge in [-0.15, -0.1) is 0 Å². The molecule has 0 bridgehead atoms. The third kappa shape index (κ3) is 8.08. The van der Waals surface area contributed by atoms with Gasteiger partial charge in [-0.2, -0.15) is 0 Å². The minimum atomic E-state index is 0.736. The van der Waals surface area contributed by atoms with Crippen molar-refractivity contribution in [3.63, 3.8) is 0 Å². The van der Waals surface area contributed by atoms with Crippen LogP contribution in [-0.2, 0) is 11.3 Å². The average molecular weight is 293 g/mol. The summed E-state index contributed by atoms with van der Waals surface area (Å²) in [4.78, 5) is 0. The number of unbranched alkanes of at least 4 members (excludes halogenated alkanes) is 4. The molecule has 0 heterocycles. The standard InChI is InChI=1S/C18H31NO2/c1-4-5-6-7-8-12-21-18-10-9-16(2)14-17(18)15-19-11-13-20-3/h9-10,14,19H,4-8,11-13,15H2,1-3H3. The van der Waals surface area contributed by atoms with E-state index in [0.717, 1.165) is 38.5 Å². The van der Waals surface area contributed by atoms with Crippen LogP contribution in [0, 0.1) is 6.92 Å². The molecule has 0 aliphatic carbocycles. The van der Waals surface area contributed by atoms with Gasteiger partial charge in [0.05, 0.1) is 13.2 Å². The maximum atomic E-state index is 5.96. The van der Waals surface area contributed by atoms with Crippen LogP contribution in [0.25, 0.3) is 0 Å². The van der Waals surface area contributed by atoms with E-state index >= 15 is 0 Å². The van der Waals surface area contributed by atoms with Crippen LogP contribution in [0.15, 0.2) is 18.2 Å². The molecule has 3 heteroatoms. The number of rotatable bonds is 12. The largest absolute Gasteiger partial charge is 0.493 e. The molecule has 0 amide bonds. The van der Waals surface area contributed by atoms with Crippen LogP contribution in [-0.4, -0.2) is 26.9 Å². The molecule has 0 aliphatic heterocycles. The predicted octanol–water partition coefficient (Wildman–Crippen LogP) is 4.08. The fourth-order valence-corrected chi connectivity index (χ4v) is 2.27. The Bertz CT molecular complexity index is 379. The van der Waals surface area contributed by atoms with E-state index in [1.165, 1.54) is 36.8 Å². The normalized spacial score (nSPS) is 10.8. The first kappa shape index (κ1) is 18.0. The molecule has 21 heavy (non-hydrogen) atoms. The van der Waals surface area contributed by atoms with Gasteiger partial charge < -0.3 is 14.8 Å². The van der Waals surface area contributed by atoms with E-state index in [1.807, 2.05) is 0 Å². The van der Waals surface area contributed by atoms with E-state index in [2.05, 4.69) is 37.4 Å². The molecule has 0 saturated carbocycles. The van der Waals surface area contributed by atoms with Gasteiger partial charge in [-0.25, -0.2) is 0 Å². The minimum absolute atomic E-state index is 0.736. The predicted molar refractivity (Wildman–Crippen MR) is 89.0 cm³/mol. The summed E-state index contributed by atoms with van der Waals surface area (Å²) in [5.74, 6) is 1.01. The van der Waals surface area contributed by atoms with E-state index in [1.54, 1.807) is 7.11 Å². The van der Waals surface area contributed by atoms with Crippen LogP contribution in [0.5, 0.6) is 5.75 Å². The third-order valence-corrected chi connectivity index (χ3v) is 3.52. The molecular formula is C18H31NO2. The smallest absolute Gasteiger partial charge is 0.123 e. The van der Waals surface area contributed by atoms with Crippen molar-refractivity contribution in [1.82, 2.24) is 5.32 Å². The number of aryl methyl sites for hydroxylation is 1. The second-order valence-corrected chi connectivity index (χ2v) is 5.54. The van der Waals surface area contributed by atoms with E-state index in [0.29, 0.717) is 0 Å². The lowest BCUT2D eigenvalue weighted by atomic mass is 10.1. The number of hydrogen-bond donors (Lipinski definition) is 1. The first-order valence-electron chi connectivity index (χ1n) is 8.20. The summed E-state index contributed by atoms with van der Waals surface area (Å²) in [6.07, 6.45) is 6.35. The zero-order valence-electron chi connectivity index (χ0n) is 13.9. The Morgan fingerprint density at radius 1 is 1.05 bits per heavy atom. The van der Waals surface area contributed by atoms with Gasteiger partial charge in [0.15, 0.2) is 0 Å². The number of nitrogens with one attached hydrogen (secondary N) is 1. The average Bonchev–Trinajstić information content (AvgIpc) is 2.49. The molecule has 0 saturated heterocycles. The van der Waals surface area contributed by atoms with Crippen molar-refractivity contribution in [1.29, 1.82) is 0 Å². The number of methoxy groups -OCH3 is 1. The van der Waals surface area contributed by atoms with Crippen molar-refractivity contribution in [3.05, 3.63) is 29.3 Å². The Morgan fingerprint density at radius 3 is 2.62 bits per heavy atom. The van der Waals surface area contributed by atoms with Gasteiger partial charge in [0, 0.05) is 25.8 Å². The molecule has 0 atom stereocenters. The number of benzene rings is 1. The molecule has 0 aromatic heterocycles. The molecule has 1 N–H and O–H groups in total. The molecule has 120 valence electrons. The highest BCUT2D eigenvalue weighted by molar-refractivity contribution is 5.36. The molecule has 0 radical (unpaired) electrons. The Morgan fingerprint density at radius 2 is 1.86 bits per heavy atom. The van der Waals surface area contributed by atoms with Crippen molar-refractivity contribution in [2.75, 3.05) is 26.9 Å². The highest BCUT2D eigenvalue weighted by atomic mass is 16.5. The summed E-state index contributed by atoms with van der Waals surface area (Å²) >= 11 is 0. The summed E-state index contributed by atoms with van der Waals surface area (Å²) in [7, 11) is 1.72. The Hall–Kier alpha value is -1.06. The quantitative estimate of drug-likeness (QED) is 0.589. The number of hydrogen-bond acceptors (Lipinski definition) is 3. The van der Waals surface area contributed by atoms with Gasteiger partial charge in [0.25, 0.3) is 0 Å². The summed E-state index contributed by atoms with van der Waals surface area (Å²) in [6, 6.07) is 6.41. The SMILES string of the molecule is CCCCCCCOc1ccc(C)cc1CNCCOC. The van der Waals surface area contributed by atoms with Crippen molar-refractivity contribution >= 4 is 0 Å². The monoisotopic (exact) mass is 293 g/mol. The van der Waals surface area contributed by atoms with Gasteiger partial charge >= 0.3 is 0 Å². The van der Waals surface area contributed by atoms with Gasteiger partial charge in [0.2, 0.25) is 0 Å². The van der Waals surface area contributed by atoms with Gasteiger partial charge in [-0.3, -0.25) is 0 Å². The van der Waals surface area contributed by atoms with Crippen molar-refractivity contribution in [3.8, 4) is 5.75 Å². The van der Waals surface area contributed by atoms with E-state index < -0.39 is 0 Å². The Labute approximate surface area is 130 Å². The zero-order chi connectivity index (χ0) is 15.3. The topological polar surface area (TPSA) is 30.5 Å². The third-order valence-electron chi connectivity index (χ3n) is 3.52. The first-order chi connectivity index (χ1) is 10.3. The van der Waals surface area contributed by atoms with Gasteiger partial charge in [-0.1, -0.05) is 50.3 Å². The zero-order valence-corrected chi connectivity index (χ0v) is 13.9. The summed E-state index contributed by atoms with van der Waals surface area (Å²) in [6.45, 7) is 7.60. The highest BCUT2D eigenvalue weighted by Gasteiger charge is 2.04. The molecular weight excluding hydrogens is 262 g/mol. The molecule has 0 aliphatic rings. The lowest BCUT2D eigenvalue weighted by Gasteiger charge is -2.13. The van der Waals surface area contributed by atoms with Gasteiger partial charge in [-0.05, 0) is 19.4 Å². The van der Waals surface area contributed by atoms with Crippen LogP contribution >= 0.6 is 0 Å². The second kappa shape index (κ2) is 11.6. The summed E-state index contributed by atoms with van der Waals surface area (Å²) in [5.41, 5.74) is 2.51. The van der Waals surface area contributed by atoms with E-state index in [4.69, 9.17) is 9.47 Å². The lowest BCUT2D eigenvalue weighted by Crippen LogP contribution is -2.19. The van der Waals surface area contributed by atoms with Gasteiger partial charge in [0.1, 0.15) is 5.75 Å². The van der Waals surface area contributed by atoms with Crippen LogP contribution in [0.1, 0.15) is 50.2 Å². The van der Waals surface area contributed by atoms with Crippen molar-refractivity contribution in [2.24, 2.45) is 0 Å². The second-order valence-electron chi connectivity index (χ2n) is 5.54. The van der Waals surface area contributed by atoms with Crippen molar-refractivity contribution < 1.29 is 9.47 Å². The first-order valence-corrected chi connectivity index (χ1v) is 8.20. The molecule has 0 fully saturated rings. The fourth-order valence-electron chi connectivity index (χ4n) is 2.27. The highest BCUT2D eigenvalue weighted by Crippen LogP contribution is 2.20. The van der Waals surface area contributed by atoms with Crippen molar-refractivity contribution in [2.45, 2.75) is 52.5 Å². The molecule has 1 rings (SSSR count). The molecule has 0 spiro atoms. The lowest BCUT2D eigenvalue weighted by molar-refractivity contribution is 0.199. The molecule has 1 aromatic rings. The van der Waals surface area contributed by atoms with E-state index in [9.17, 15) is 0 Å². The fraction of sp³-hybridized carbons (Fsp3) is 0.667. The maximum Gasteiger partial charge on any atom is 0.123 e. The van der Waals surface area contributed by atoms with Crippen LogP contribution in [0.4, 0.5) is 0 Å². The number of ether oxygens (including phenoxy) is 2.